The first-order valence-corrected chi connectivity index (χ1v) is 10.6. The molecule has 25 heavy (non-hydrogen) atoms. The molecule has 0 saturated carbocycles. The second-order valence-electron chi connectivity index (χ2n) is 7.04. The number of piperidine rings is 1. The molecular weight excluding hydrogens is 342 g/mol. The van der Waals surface area contributed by atoms with Gasteiger partial charge in [0.25, 0.3) is 0 Å². The van der Waals surface area contributed by atoms with Crippen molar-refractivity contribution < 1.29 is 13.2 Å². The average molecular weight is 372 g/mol. The Balaban J connectivity index is 1.93. The van der Waals surface area contributed by atoms with E-state index in [1.807, 2.05) is 20.8 Å². The summed E-state index contributed by atoms with van der Waals surface area (Å²) in [6.45, 7) is 7.88. The van der Waals surface area contributed by atoms with Crippen LogP contribution in [0, 0.1) is 5.92 Å². The van der Waals surface area contributed by atoms with Gasteiger partial charge >= 0.3 is 0 Å². The molecule has 2 heterocycles. The number of amides is 1. The highest BCUT2D eigenvalue weighted by atomic mass is 32.2. The van der Waals surface area contributed by atoms with Crippen molar-refractivity contribution in [3.8, 4) is 0 Å². The summed E-state index contributed by atoms with van der Waals surface area (Å²) in [6, 6.07) is 1.68. The number of nitrogens with zero attached hydrogens (tertiary/aromatic N) is 3. The molecule has 2 rings (SSSR count). The van der Waals surface area contributed by atoms with Crippen LogP contribution in [0.3, 0.4) is 0 Å². The Hall–Kier alpha value is -1.45. The Labute approximate surface area is 150 Å². The van der Waals surface area contributed by atoms with Crippen LogP contribution in [-0.4, -0.2) is 60.9 Å². The predicted octanol–water partition coefficient (Wildman–Crippen LogP) is 1.05. The number of rotatable bonds is 7. The first-order chi connectivity index (χ1) is 11.7. The third-order valence-corrected chi connectivity index (χ3v) is 5.21. The molecule has 0 bridgehead atoms. The fourth-order valence-electron chi connectivity index (χ4n) is 3.11. The van der Waals surface area contributed by atoms with Crippen LogP contribution >= 0.6 is 0 Å². The van der Waals surface area contributed by atoms with E-state index in [1.54, 1.807) is 16.9 Å². The summed E-state index contributed by atoms with van der Waals surface area (Å²) < 4.78 is 26.9. The van der Waals surface area contributed by atoms with Crippen molar-refractivity contribution in [2.75, 3.05) is 31.2 Å². The van der Waals surface area contributed by atoms with E-state index in [1.165, 1.54) is 6.26 Å². The van der Waals surface area contributed by atoms with Crippen molar-refractivity contribution in [1.82, 2.24) is 19.4 Å². The van der Waals surface area contributed by atoms with Gasteiger partial charge in [-0.1, -0.05) is 0 Å². The number of anilines is 1. The Morgan fingerprint density at radius 3 is 2.76 bits per heavy atom. The lowest BCUT2D eigenvalue weighted by Gasteiger charge is -2.36. The Morgan fingerprint density at radius 2 is 2.12 bits per heavy atom. The molecule has 0 aromatic carbocycles. The lowest BCUT2D eigenvalue weighted by molar-refractivity contribution is -0.121. The van der Waals surface area contributed by atoms with Gasteiger partial charge < -0.3 is 5.32 Å². The van der Waals surface area contributed by atoms with Gasteiger partial charge in [-0.15, -0.1) is 0 Å². The first kappa shape index (κ1) is 19.9. The zero-order valence-electron chi connectivity index (χ0n) is 15.4. The molecule has 1 fully saturated rings. The number of aromatic nitrogens is 2. The molecule has 2 N–H and O–H groups in total. The fourth-order valence-corrected chi connectivity index (χ4v) is 3.64. The molecule has 9 heteroatoms. The van der Waals surface area contributed by atoms with Crippen LogP contribution in [0.4, 0.5) is 5.82 Å². The van der Waals surface area contributed by atoms with E-state index in [0.717, 1.165) is 19.4 Å². The van der Waals surface area contributed by atoms with Crippen LogP contribution in [0.2, 0.25) is 0 Å². The maximum absolute atomic E-state index is 12.6. The number of hydrogen-bond donors (Lipinski definition) is 2. The lowest BCUT2D eigenvalue weighted by atomic mass is 9.97. The van der Waals surface area contributed by atoms with Crippen molar-refractivity contribution in [2.24, 2.45) is 5.92 Å². The van der Waals surface area contributed by atoms with E-state index < -0.39 is 10.0 Å². The molecule has 0 radical (unpaired) electrons. The normalized spacial score (nSPS) is 20.6. The Bertz CT molecular complexity index is 686. The number of nitrogens with one attached hydrogen (secondary N) is 2. The monoisotopic (exact) mass is 371 g/mol. The quantitative estimate of drug-likeness (QED) is 0.747. The number of likely N-dealkylation sites (tertiary alicyclic amines) is 1. The van der Waals surface area contributed by atoms with E-state index in [-0.39, 0.29) is 23.9 Å². The SMILES string of the molecule is CC(C)n1nccc1NC(=O)[C@H](C)N1CCC[C@H](CNS(C)(=O)=O)C1. The van der Waals surface area contributed by atoms with Gasteiger partial charge in [-0.05, 0) is 46.1 Å². The van der Waals surface area contributed by atoms with Crippen LogP contribution in [0.25, 0.3) is 0 Å². The molecular formula is C16H29N5O3S. The van der Waals surface area contributed by atoms with Crippen molar-refractivity contribution in [3.05, 3.63) is 12.3 Å². The molecule has 0 aliphatic carbocycles. The van der Waals surface area contributed by atoms with Crippen LogP contribution in [0.15, 0.2) is 12.3 Å². The third-order valence-electron chi connectivity index (χ3n) is 4.52. The number of carbonyl (C=O) groups is 1. The number of sulfonamides is 1. The van der Waals surface area contributed by atoms with E-state index in [0.29, 0.717) is 18.9 Å². The van der Waals surface area contributed by atoms with Crippen molar-refractivity contribution >= 4 is 21.7 Å². The smallest absolute Gasteiger partial charge is 0.242 e. The number of hydrogen-bond acceptors (Lipinski definition) is 5. The zero-order chi connectivity index (χ0) is 18.6. The summed E-state index contributed by atoms with van der Waals surface area (Å²) in [5.74, 6) is 0.846. The van der Waals surface area contributed by atoms with Crippen molar-refractivity contribution in [1.29, 1.82) is 0 Å². The molecule has 1 aliphatic heterocycles. The van der Waals surface area contributed by atoms with Crippen molar-refractivity contribution in [2.45, 2.75) is 45.7 Å². The van der Waals surface area contributed by atoms with Gasteiger partial charge in [0.1, 0.15) is 5.82 Å². The van der Waals surface area contributed by atoms with Gasteiger partial charge in [0.15, 0.2) is 0 Å². The summed E-state index contributed by atoms with van der Waals surface area (Å²) in [6.07, 6.45) is 4.76. The second kappa shape index (κ2) is 8.29. The highest BCUT2D eigenvalue weighted by Crippen LogP contribution is 2.20. The fraction of sp³-hybridized carbons (Fsp3) is 0.750. The van der Waals surface area contributed by atoms with E-state index in [4.69, 9.17) is 0 Å². The van der Waals surface area contributed by atoms with Gasteiger partial charge in [0.2, 0.25) is 15.9 Å². The van der Waals surface area contributed by atoms with Gasteiger partial charge in [0.05, 0.1) is 18.5 Å². The summed E-state index contributed by atoms with van der Waals surface area (Å²) in [7, 11) is -3.18. The molecule has 142 valence electrons. The number of carbonyl (C=O) groups excluding carboxylic acids is 1. The third kappa shape index (κ3) is 5.79. The van der Waals surface area contributed by atoms with Gasteiger partial charge in [-0.3, -0.25) is 9.69 Å². The molecule has 2 atom stereocenters. The van der Waals surface area contributed by atoms with Gasteiger partial charge in [-0.2, -0.15) is 5.10 Å². The van der Waals surface area contributed by atoms with Gasteiger partial charge in [-0.25, -0.2) is 17.8 Å². The summed E-state index contributed by atoms with van der Waals surface area (Å²) >= 11 is 0. The maximum atomic E-state index is 12.6. The first-order valence-electron chi connectivity index (χ1n) is 8.70. The minimum Gasteiger partial charge on any atom is -0.310 e. The topological polar surface area (TPSA) is 96.3 Å². The largest absolute Gasteiger partial charge is 0.310 e. The summed E-state index contributed by atoms with van der Waals surface area (Å²) in [5.41, 5.74) is 0. The molecule has 8 nitrogen and oxygen atoms in total. The predicted molar refractivity (Wildman–Crippen MR) is 97.8 cm³/mol. The minimum absolute atomic E-state index is 0.0703. The molecule has 1 aromatic rings. The van der Waals surface area contributed by atoms with E-state index in [9.17, 15) is 13.2 Å². The summed E-state index contributed by atoms with van der Waals surface area (Å²) in [4.78, 5) is 14.7. The molecule has 1 aromatic heterocycles. The van der Waals surface area contributed by atoms with Crippen LogP contribution in [-0.2, 0) is 14.8 Å². The van der Waals surface area contributed by atoms with Crippen LogP contribution in [0.5, 0.6) is 0 Å². The van der Waals surface area contributed by atoms with E-state index in [2.05, 4.69) is 20.0 Å². The molecule has 1 amide bonds. The minimum atomic E-state index is -3.18. The molecule has 1 aliphatic rings. The highest BCUT2D eigenvalue weighted by Gasteiger charge is 2.28. The lowest BCUT2D eigenvalue weighted by Crippen LogP contribution is -2.49. The summed E-state index contributed by atoms with van der Waals surface area (Å²) in [5, 5.41) is 7.17. The van der Waals surface area contributed by atoms with Crippen LogP contribution in [0.1, 0.15) is 39.7 Å². The molecule has 1 saturated heterocycles. The zero-order valence-corrected chi connectivity index (χ0v) is 16.2. The van der Waals surface area contributed by atoms with E-state index >= 15 is 0 Å². The Kier molecular flexibility index (Phi) is 6.59. The average Bonchev–Trinajstić information content (AvgIpc) is 3.00. The molecule has 0 unspecified atom stereocenters. The van der Waals surface area contributed by atoms with Crippen LogP contribution < -0.4 is 10.0 Å². The maximum Gasteiger partial charge on any atom is 0.242 e. The Morgan fingerprint density at radius 1 is 1.40 bits per heavy atom. The standard InChI is InChI=1S/C16H29N5O3S/c1-12(2)21-15(7-8-17-21)19-16(22)13(3)20-9-5-6-14(11-20)10-18-25(4,23)24/h7-8,12-14,18H,5-6,9-11H2,1-4H3,(H,19,22)/t13-,14+/m0/s1. The van der Waals surface area contributed by atoms with Crippen molar-refractivity contribution in [3.63, 3.8) is 0 Å². The second-order valence-corrected chi connectivity index (χ2v) is 8.88. The highest BCUT2D eigenvalue weighted by molar-refractivity contribution is 7.88. The molecule has 0 spiro atoms. The van der Waals surface area contributed by atoms with Gasteiger partial charge in [0, 0.05) is 25.2 Å².